The number of hydrogen-bond acceptors (Lipinski definition) is 5. The zero-order valence-electron chi connectivity index (χ0n) is 12.6. The number of nitrogens with one attached hydrogen (secondary N) is 1. The molecule has 1 aliphatic heterocycles. The number of nitrogens with two attached hydrogens (primary N) is 1. The molecule has 1 atom stereocenters. The van der Waals surface area contributed by atoms with E-state index in [9.17, 15) is 18.0 Å². The second-order valence-electron chi connectivity index (χ2n) is 5.59. The van der Waals surface area contributed by atoms with E-state index in [-0.39, 0.29) is 17.8 Å². The lowest BCUT2D eigenvalue weighted by molar-refractivity contribution is -0.141. The highest BCUT2D eigenvalue weighted by atomic mass is 19.4. The molecule has 0 bridgehead atoms. The van der Waals surface area contributed by atoms with Crippen LogP contribution in [0.15, 0.2) is 12.3 Å². The maximum Gasteiger partial charge on any atom is 0.433 e. The first-order valence-corrected chi connectivity index (χ1v) is 7.52. The van der Waals surface area contributed by atoms with Crippen LogP contribution in [0.25, 0.3) is 0 Å². The van der Waals surface area contributed by atoms with Crippen molar-refractivity contribution in [3.8, 4) is 0 Å². The smallest absolute Gasteiger partial charge is 0.369 e. The zero-order chi connectivity index (χ0) is 16.9. The van der Waals surface area contributed by atoms with Gasteiger partial charge in [0.1, 0.15) is 5.69 Å². The predicted octanol–water partition coefficient (Wildman–Crippen LogP) is 1.49. The monoisotopic (exact) mass is 331 g/mol. The topological polar surface area (TPSA) is 84.1 Å². The average Bonchev–Trinajstić information content (AvgIpc) is 2.51. The standard InChI is InChI=1S/C14H20F3N5O/c15-14(16,17)11-4-6-20-13(21-11)19-5-2-8-22-7-1-3-10(9-22)12(18)23/h4,6,10H,1-3,5,7-9H2,(H2,18,23)(H,19,20,21)/t10-/m1/s1. The molecule has 1 amide bonds. The molecule has 1 aliphatic rings. The van der Waals surface area contributed by atoms with Gasteiger partial charge in [-0.1, -0.05) is 0 Å². The molecule has 0 radical (unpaired) electrons. The van der Waals surface area contributed by atoms with E-state index in [0.717, 1.165) is 38.2 Å². The van der Waals surface area contributed by atoms with Gasteiger partial charge in [0, 0.05) is 19.3 Å². The van der Waals surface area contributed by atoms with Crippen LogP contribution in [0.5, 0.6) is 0 Å². The molecule has 0 saturated carbocycles. The number of aromatic nitrogens is 2. The summed E-state index contributed by atoms with van der Waals surface area (Å²) in [6, 6.07) is 0.836. The normalized spacial score (nSPS) is 19.5. The van der Waals surface area contributed by atoms with Gasteiger partial charge in [0.25, 0.3) is 0 Å². The Balaban J connectivity index is 1.74. The molecule has 0 spiro atoms. The molecule has 3 N–H and O–H groups in total. The van der Waals surface area contributed by atoms with Gasteiger partial charge in [-0.3, -0.25) is 4.79 Å². The summed E-state index contributed by atoms with van der Waals surface area (Å²) in [5.41, 5.74) is 4.36. The highest BCUT2D eigenvalue weighted by Gasteiger charge is 2.32. The van der Waals surface area contributed by atoms with E-state index in [2.05, 4.69) is 20.2 Å². The molecule has 1 fully saturated rings. The van der Waals surface area contributed by atoms with Crippen molar-refractivity contribution in [3.63, 3.8) is 0 Å². The van der Waals surface area contributed by atoms with Crippen molar-refractivity contribution in [1.29, 1.82) is 0 Å². The van der Waals surface area contributed by atoms with Crippen LogP contribution in [0.2, 0.25) is 0 Å². The van der Waals surface area contributed by atoms with Crippen LogP contribution >= 0.6 is 0 Å². The number of likely N-dealkylation sites (tertiary alicyclic amines) is 1. The van der Waals surface area contributed by atoms with Gasteiger partial charge >= 0.3 is 6.18 Å². The summed E-state index contributed by atoms with van der Waals surface area (Å²) in [6.07, 6.45) is -0.928. The highest BCUT2D eigenvalue weighted by molar-refractivity contribution is 5.76. The van der Waals surface area contributed by atoms with E-state index in [0.29, 0.717) is 19.5 Å². The van der Waals surface area contributed by atoms with E-state index in [4.69, 9.17) is 5.73 Å². The Hall–Kier alpha value is -1.90. The largest absolute Gasteiger partial charge is 0.433 e. The fourth-order valence-electron chi connectivity index (χ4n) is 2.60. The molecule has 1 saturated heterocycles. The van der Waals surface area contributed by atoms with E-state index in [1.54, 1.807) is 0 Å². The van der Waals surface area contributed by atoms with Gasteiger partial charge in [0.05, 0.1) is 5.92 Å². The third-order valence-electron chi connectivity index (χ3n) is 3.79. The molecule has 1 aromatic heterocycles. The van der Waals surface area contributed by atoms with E-state index >= 15 is 0 Å². The van der Waals surface area contributed by atoms with Gasteiger partial charge < -0.3 is 16.0 Å². The molecule has 2 rings (SSSR count). The summed E-state index contributed by atoms with van der Waals surface area (Å²) < 4.78 is 37.6. The number of piperidine rings is 1. The summed E-state index contributed by atoms with van der Waals surface area (Å²) >= 11 is 0. The molecular weight excluding hydrogens is 311 g/mol. The van der Waals surface area contributed by atoms with Crippen LogP contribution in [0.3, 0.4) is 0 Å². The Morgan fingerprint density at radius 1 is 1.48 bits per heavy atom. The first-order valence-electron chi connectivity index (χ1n) is 7.52. The number of halogens is 3. The lowest BCUT2D eigenvalue weighted by Gasteiger charge is -2.31. The summed E-state index contributed by atoms with van der Waals surface area (Å²) in [6.45, 7) is 2.76. The van der Waals surface area contributed by atoms with Crippen LogP contribution in [-0.2, 0) is 11.0 Å². The summed E-state index contributed by atoms with van der Waals surface area (Å²) in [5, 5.41) is 2.79. The first kappa shape index (κ1) is 17.5. The number of nitrogens with zero attached hydrogens (tertiary/aromatic N) is 3. The van der Waals surface area contributed by atoms with Gasteiger partial charge in [-0.05, 0) is 38.4 Å². The highest BCUT2D eigenvalue weighted by Crippen LogP contribution is 2.27. The number of anilines is 1. The molecule has 0 unspecified atom stereocenters. The number of carbonyl (C=O) groups excluding carboxylic acids is 1. The number of alkyl halides is 3. The Labute approximate surface area is 132 Å². The van der Waals surface area contributed by atoms with Crippen LogP contribution < -0.4 is 11.1 Å². The molecule has 1 aromatic rings. The Morgan fingerprint density at radius 3 is 2.96 bits per heavy atom. The van der Waals surface area contributed by atoms with Crippen LogP contribution in [0.4, 0.5) is 19.1 Å². The van der Waals surface area contributed by atoms with Gasteiger partial charge in [-0.25, -0.2) is 9.97 Å². The van der Waals surface area contributed by atoms with Crippen LogP contribution in [0, 0.1) is 5.92 Å². The molecule has 2 heterocycles. The summed E-state index contributed by atoms with van der Waals surface area (Å²) in [5.74, 6) is -0.415. The maximum absolute atomic E-state index is 12.5. The van der Waals surface area contributed by atoms with Crippen molar-refractivity contribution in [3.05, 3.63) is 18.0 Å². The molecular formula is C14H20F3N5O. The second kappa shape index (κ2) is 7.58. The van der Waals surface area contributed by atoms with Gasteiger partial charge in [0.15, 0.2) is 0 Å². The average molecular weight is 331 g/mol. The van der Waals surface area contributed by atoms with Crippen LogP contribution in [-0.4, -0.2) is 47.0 Å². The second-order valence-corrected chi connectivity index (χ2v) is 5.59. The molecule has 6 nitrogen and oxygen atoms in total. The van der Waals surface area contributed by atoms with Gasteiger partial charge in [-0.2, -0.15) is 13.2 Å². The van der Waals surface area contributed by atoms with E-state index in [1.807, 2.05) is 0 Å². The van der Waals surface area contributed by atoms with Crippen molar-refractivity contribution < 1.29 is 18.0 Å². The zero-order valence-corrected chi connectivity index (χ0v) is 12.6. The Bertz CT molecular complexity index is 537. The minimum atomic E-state index is -4.48. The third-order valence-corrected chi connectivity index (χ3v) is 3.79. The first-order chi connectivity index (χ1) is 10.9. The number of rotatable bonds is 6. The minimum absolute atomic E-state index is 0.0338. The Kier molecular flexibility index (Phi) is 5.75. The van der Waals surface area contributed by atoms with Crippen LogP contribution in [0.1, 0.15) is 25.0 Å². The van der Waals surface area contributed by atoms with Crippen molar-refractivity contribution in [2.45, 2.75) is 25.4 Å². The van der Waals surface area contributed by atoms with Crippen molar-refractivity contribution in [2.75, 3.05) is 31.5 Å². The fourth-order valence-corrected chi connectivity index (χ4v) is 2.60. The number of carbonyl (C=O) groups is 1. The maximum atomic E-state index is 12.5. The molecule has 23 heavy (non-hydrogen) atoms. The van der Waals surface area contributed by atoms with Gasteiger partial charge in [0.2, 0.25) is 11.9 Å². The minimum Gasteiger partial charge on any atom is -0.369 e. The fraction of sp³-hybridized carbons (Fsp3) is 0.643. The number of amides is 1. The number of primary amides is 1. The molecule has 0 aliphatic carbocycles. The van der Waals surface area contributed by atoms with Crippen molar-refractivity contribution in [1.82, 2.24) is 14.9 Å². The van der Waals surface area contributed by atoms with Gasteiger partial charge in [-0.15, -0.1) is 0 Å². The molecule has 128 valence electrons. The van der Waals surface area contributed by atoms with E-state index < -0.39 is 11.9 Å². The molecule has 0 aromatic carbocycles. The lowest BCUT2D eigenvalue weighted by atomic mass is 9.97. The van der Waals surface area contributed by atoms with Crippen molar-refractivity contribution in [2.24, 2.45) is 11.7 Å². The van der Waals surface area contributed by atoms with Crippen molar-refractivity contribution >= 4 is 11.9 Å². The summed E-state index contributed by atoms with van der Waals surface area (Å²) in [7, 11) is 0. The number of hydrogen-bond donors (Lipinski definition) is 2. The Morgan fingerprint density at radius 2 is 2.26 bits per heavy atom. The third kappa shape index (κ3) is 5.34. The predicted molar refractivity (Wildman–Crippen MR) is 78.5 cm³/mol. The van der Waals surface area contributed by atoms with E-state index in [1.165, 1.54) is 0 Å². The lowest BCUT2D eigenvalue weighted by Crippen LogP contribution is -2.41. The SMILES string of the molecule is NC(=O)[C@@H]1CCCN(CCCNc2nccc(C(F)(F)F)n2)C1. The molecule has 9 heteroatoms. The summed E-state index contributed by atoms with van der Waals surface area (Å²) in [4.78, 5) is 20.6. The quantitative estimate of drug-likeness (QED) is 0.772.